The summed E-state index contributed by atoms with van der Waals surface area (Å²) < 4.78 is 65.2. The van der Waals surface area contributed by atoms with E-state index in [4.69, 9.17) is 9.47 Å². The number of ether oxygens (including phenoxy) is 2. The van der Waals surface area contributed by atoms with Gasteiger partial charge in [0.05, 0.1) is 11.1 Å². The standard InChI is InChI=1S/C25H23F4NO4/c1-15-5-16(7-19(6-15)25(27,28)29)13-33-20-9-22(26)21-8-17(14-34-23(21)10-20)11-30-4-2-3-18(12-30)24(31)32/h3,5-10H,2,4,11-14H2,1H3,(H,31,32). The number of hydrogen-bond acceptors (Lipinski definition) is 4. The van der Waals surface area contributed by atoms with E-state index < -0.39 is 23.5 Å². The highest BCUT2D eigenvalue weighted by Crippen LogP contribution is 2.34. The van der Waals surface area contributed by atoms with E-state index in [0.29, 0.717) is 42.8 Å². The van der Waals surface area contributed by atoms with E-state index in [1.165, 1.54) is 12.1 Å². The monoisotopic (exact) mass is 477 g/mol. The van der Waals surface area contributed by atoms with Gasteiger partial charge in [-0.05, 0) is 42.7 Å². The molecule has 0 spiro atoms. The molecule has 0 aromatic heterocycles. The number of halogens is 4. The van der Waals surface area contributed by atoms with Crippen LogP contribution in [0, 0.1) is 12.7 Å². The molecule has 1 N–H and O–H groups in total. The molecule has 0 saturated carbocycles. The van der Waals surface area contributed by atoms with Gasteiger partial charge >= 0.3 is 12.1 Å². The number of carbonyl (C=O) groups is 1. The van der Waals surface area contributed by atoms with Gasteiger partial charge in [-0.25, -0.2) is 9.18 Å². The van der Waals surface area contributed by atoms with Gasteiger partial charge < -0.3 is 14.6 Å². The second kappa shape index (κ2) is 9.50. The second-order valence-electron chi connectivity index (χ2n) is 8.44. The molecule has 0 fully saturated rings. The number of alkyl halides is 3. The summed E-state index contributed by atoms with van der Waals surface area (Å²) in [7, 11) is 0. The summed E-state index contributed by atoms with van der Waals surface area (Å²) in [6.07, 6.45) is -0.433. The molecule has 0 unspecified atom stereocenters. The molecule has 2 aliphatic heterocycles. The van der Waals surface area contributed by atoms with E-state index in [-0.39, 0.29) is 30.3 Å². The number of aryl methyl sites for hydroxylation is 1. The van der Waals surface area contributed by atoms with Crippen LogP contribution < -0.4 is 9.47 Å². The van der Waals surface area contributed by atoms with E-state index in [9.17, 15) is 27.5 Å². The van der Waals surface area contributed by atoms with E-state index >= 15 is 0 Å². The SMILES string of the molecule is Cc1cc(COc2cc(F)c3c(c2)OCC(CN2CCC=C(C(=O)O)C2)=C3)cc(C(F)(F)F)c1. The Morgan fingerprint density at radius 1 is 1.21 bits per heavy atom. The zero-order chi connectivity index (χ0) is 24.5. The van der Waals surface area contributed by atoms with Crippen molar-refractivity contribution in [2.75, 3.05) is 26.2 Å². The molecule has 2 heterocycles. The summed E-state index contributed by atoms with van der Waals surface area (Å²) in [6, 6.07) is 6.34. The summed E-state index contributed by atoms with van der Waals surface area (Å²) in [5.74, 6) is -1.09. The average molecular weight is 477 g/mol. The fourth-order valence-electron chi connectivity index (χ4n) is 4.08. The van der Waals surface area contributed by atoms with Gasteiger partial charge in [-0.1, -0.05) is 17.7 Å². The summed E-state index contributed by atoms with van der Waals surface area (Å²) in [5, 5.41) is 9.19. The number of rotatable bonds is 6. The second-order valence-corrected chi connectivity index (χ2v) is 8.44. The molecule has 34 heavy (non-hydrogen) atoms. The minimum Gasteiger partial charge on any atom is -0.489 e. The first-order valence-electron chi connectivity index (χ1n) is 10.7. The lowest BCUT2D eigenvalue weighted by Crippen LogP contribution is -2.35. The predicted molar refractivity (Wildman–Crippen MR) is 117 cm³/mol. The van der Waals surface area contributed by atoms with Crippen molar-refractivity contribution in [1.29, 1.82) is 0 Å². The molecule has 5 nitrogen and oxygen atoms in total. The molecule has 0 bridgehead atoms. The van der Waals surface area contributed by atoms with E-state index in [1.807, 2.05) is 4.90 Å². The summed E-state index contributed by atoms with van der Waals surface area (Å²) >= 11 is 0. The van der Waals surface area contributed by atoms with E-state index in [1.54, 1.807) is 25.1 Å². The van der Waals surface area contributed by atoms with Crippen LogP contribution in [-0.4, -0.2) is 42.2 Å². The summed E-state index contributed by atoms with van der Waals surface area (Å²) in [4.78, 5) is 13.2. The van der Waals surface area contributed by atoms with Crippen molar-refractivity contribution in [3.8, 4) is 11.5 Å². The van der Waals surface area contributed by atoms with E-state index in [0.717, 1.165) is 17.7 Å². The Labute approximate surface area is 193 Å². The Balaban J connectivity index is 1.45. The Morgan fingerprint density at radius 2 is 2.00 bits per heavy atom. The van der Waals surface area contributed by atoms with Crippen LogP contribution in [-0.2, 0) is 17.6 Å². The van der Waals surface area contributed by atoms with Crippen molar-refractivity contribution in [3.63, 3.8) is 0 Å². The van der Waals surface area contributed by atoms with Crippen molar-refractivity contribution in [1.82, 2.24) is 4.90 Å². The Kier molecular flexibility index (Phi) is 6.65. The molecule has 0 aliphatic carbocycles. The van der Waals surface area contributed by atoms with Gasteiger partial charge in [0.2, 0.25) is 0 Å². The van der Waals surface area contributed by atoms with Crippen LogP contribution >= 0.6 is 0 Å². The molecule has 4 rings (SSSR count). The van der Waals surface area contributed by atoms with Crippen molar-refractivity contribution in [2.45, 2.75) is 26.1 Å². The highest BCUT2D eigenvalue weighted by atomic mass is 19.4. The van der Waals surface area contributed by atoms with Crippen molar-refractivity contribution >= 4 is 12.0 Å². The third-order valence-electron chi connectivity index (χ3n) is 5.63. The Bertz CT molecular complexity index is 1170. The number of hydrogen-bond donors (Lipinski definition) is 1. The average Bonchev–Trinajstić information content (AvgIpc) is 2.77. The smallest absolute Gasteiger partial charge is 0.416 e. The molecule has 9 heteroatoms. The third kappa shape index (κ3) is 5.59. The maximum Gasteiger partial charge on any atom is 0.416 e. The number of carboxylic acids is 1. The Hall–Kier alpha value is -3.33. The largest absolute Gasteiger partial charge is 0.489 e. The lowest BCUT2D eigenvalue weighted by atomic mass is 10.0. The molecule has 0 radical (unpaired) electrons. The molecule has 0 saturated heterocycles. The maximum absolute atomic E-state index is 14.8. The molecular formula is C25H23F4NO4. The summed E-state index contributed by atoms with van der Waals surface area (Å²) in [5.41, 5.74) is 1.42. The normalized spacial score (nSPS) is 16.3. The zero-order valence-corrected chi connectivity index (χ0v) is 18.4. The van der Waals surface area contributed by atoms with Gasteiger partial charge in [0.15, 0.2) is 0 Å². The zero-order valence-electron chi connectivity index (χ0n) is 18.4. The number of fused-ring (bicyclic) bond motifs is 1. The molecular weight excluding hydrogens is 454 g/mol. The molecule has 0 atom stereocenters. The maximum atomic E-state index is 14.8. The Morgan fingerprint density at radius 3 is 2.74 bits per heavy atom. The fourth-order valence-corrected chi connectivity index (χ4v) is 4.08. The van der Waals surface area contributed by atoms with Gasteiger partial charge in [-0.15, -0.1) is 0 Å². The van der Waals surface area contributed by atoms with Crippen LogP contribution in [0.3, 0.4) is 0 Å². The molecule has 2 aromatic rings. The minimum atomic E-state index is -4.46. The van der Waals surface area contributed by atoms with Crippen LogP contribution in [0.2, 0.25) is 0 Å². The van der Waals surface area contributed by atoms with Gasteiger partial charge in [-0.2, -0.15) is 13.2 Å². The van der Waals surface area contributed by atoms with Gasteiger partial charge in [0.25, 0.3) is 0 Å². The van der Waals surface area contributed by atoms with Gasteiger partial charge in [0, 0.05) is 37.3 Å². The van der Waals surface area contributed by atoms with Crippen molar-refractivity contribution < 1.29 is 36.9 Å². The highest BCUT2D eigenvalue weighted by molar-refractivity contribution is 5.87. The van der Waals surface area contributed by atoms with Crippen LogP contribution in [0.1, 0.15) is 28.7 Å². The number of benzene rings is 2. The third-order valence-corrected chi connectivity index (χ3v) is 5.63. The van der Waals surface area contributed by atoms with Crippen molar-refractivity contribution in [3.05, 3.63) is 75.6 Å². The first-order valence-corrected chi connectivity index (χ1v) is 10.7. The highest BCUT2D eigenvalue weighted by Gasteiger charge is 2.31. The number of nitrogens with zero attached hydrogens (tertiary/aromatic N) is 1. The quantitative estimate of drug-likeness (QED) is 0.578. The molecule has 2 aromatic carbocycles. The van der Waals surface area contributed by atoms with Gasteiger partial charge in [-0.3, -0.25) is 4.90 Å². The van der Waals surface area contributed by atoms with Crippen LogP contribution in [0.25, 0.3) is 6.08 Å². The van der Waals surface area contributed by atoms with Gasteiger partial charge in [0.1, 0.15) is 30.5 Å². The first kappa shape index (κ1) is 23.8. The lowest BCUT2D eigenvalue weighted by Gasteiger charge is -2.28. The van der Waals surface area contributed by atoms with Crippen molar-refractivity contribution in [2.24, 2.45) is 0 Å². The minimum absolute atomic E-state index is 0.149. The molecule has 0 amide bonds. The van der Waals surface area contributed by atoms with E-state index in [2.05, 4.69) is 0 Å². The van der Waals surface area contributed by atoms with Crippen LogP contribution in [0.5, 0.6) is 11.5 Å². The lowest BCUT2D eigenvalue weighted by molar-refractivity contribution is -0.137. The predicted octanol–water partition coefficient (Wildman–Crippen LogP) is 5.22. The molecule has 2 aliphatic rings. The molecule has 180 valence electrons. The summed E-state index contributed by atoms with van der Waals surface area (Å²) in [6.45, 7) is 3.09. The topological polar surface area (TPSA) is 59.0 Å². The number of carboxylic acid groups (broad SMARTS) is 1. The van der Waals surface area contributed by atoms with Crippen LogP contribution in [0.15, 0.2) is 47.6 Å². The first-order chi connectivity index (χ1) is 16.1. The number of aliphatic carboxylic acids is 1. The fraction of sp³-hybridized carbons (Fsp3) is 0.320. The van der Waals surface area contributed by atoms with Crippen LogP contribution in [0.4, 0.5) is 17.6 Å².